The molecule has 4 nitrogen and oxygen atoms in total. The van der Waals surface area contributed by atoms with E-state index in [1.54, 1.807) is 6.07 Å². The van der Waals surface area contributed by atoms with Gasteiger partial charge in [0.2, 0.25) is 0 Å². The summed E-state index contributed by atoms with van der Waals surface area (Å²) in [4.78, 5) is 16.9. The Bertz CT molecular complexity index is 406. The molecule has 2 rings (SSSR count). The second-order valence-electron chi connectivity index (χ2n) is 4.54. The largest absolute Gasteiger partial charge is 0.477 e. The molecule has 2 atom stereocenters. The predicted octanol–water partition coefficient (Wildman–Crippen LogP) is 1.87. The standard InChI is InChI=1S/C12H16N2O2/c1-8-6-9(8)7-14(2)11-5-3-4-10(13-11)12(15)16/h3-5,8-9H,6-7H2,1-2H3,(H,15,16). The van der Waals surface area contributed by atoms with Crippen molar-refractivity contribution in [1.29, 1.82) is 0 Å². The van der Waals surface area contributed by atoms with Gasteiger partial charge in [-0.3, -0.25) is 0 Å². The van der Waals surface area contributed by atoms with Gasteiger partial charge in [0.15, 0.2) is 5.69 Å². The van der Waals surface area contributed by atoms with Gasteiger partial charge in [0, 0.05) is 13.6 Å². The minimum atomic E-state index is -0.977. The smallest absolute Gasteiger partial charge is 0.354 e. The topological polar surface area (TPSA) is 53.4 Å². The Kier molecular flexibility index (Phi) is 2.81. The van der Waals surface area contributed by atoms with Crippen LogP contribution in [-0.2, 0) is 0 Å². The molecule has 2 unspecified atom stereocenters. The van der Waals surface area contributed by atoms with Gasteiger partial charge in [-0.2, -0.15) is 0 Å². The molecule has 1 aromatic heterocycles. The quantitative estimate of drug-likeness (QED) is 0.841. The fraction of sp³-hybridized carbons (Fsp3) is 0.500. The molecule has 1 N–H and O–H groups in total. The summed E-state index contributed by atoms with van der Waals surface area (Å²) in [5, 5.41) is 8.85. The maximum absolute atomic E-state index is 10.8. The Hall–Kier alpha value is -1.58. The summed E-state index contributed by atoms with van der Waals surface area (Å²) in [6.45, 7) is 3.19. The number of nitrogens with zero attached hydrogens (tertiary/aromatic N) is 2. The Morgan fingerprint density at radius 2 is 2.31 bits per heavy atom. The Morgan fingerprint density at radius 3 is 2.88 bits per heavy atom. The van der Waals surface area contributed by atoms with Gasteiger partial charge in [-0.25, -0.2) is 9.78 Å². The molecular formula is C12H16N2O2. The van der Waals surface area contributed by atoms with Crippen LogP contribution < -0.4 is 4.90 Å². The number of anilines is 1. The molecule has 1 aliphatic carbocycles. The third kappa shape index (κ3) is 2.32. The molecule has 1 aliphatic rings. The molecule has 16 heavy (non-hydrogen) atoms. The maximum Gasteiger partial charge on any atom is 0.354 e. The first-order chi connectivity index (χ1) is 7.58. The van der Waals surface area contributed by atoms with E-state index in [2.05, 4.69) is 11.9 Å². The minimum absolute atomic E-state index is 0.105. The molecular weight excluding hydrogens is 204 g/mol. The first kappa shape index (κ1) is 10.9. The van der Waals surface area contributed by atoms with E-state index in [9.17, 15) is 4.79 Å². The average Bonchev–Trinajstić information content (AvgIpc) is 2.94. The van der Waals surface area contributed by atoms with E-state index in [4.69, 9.17) is 5.11 Å². The van der Waals surface area contributed by atoms with Crippen LogP contribution in [0.2, 0.25) is 0 Å². The first-order valence-corrected chi connectivity index (χ1v) is 5.49. The normalized spacial score (nSPS) is 22.9. The molecule has 0 radical (unpaired) electrons. The average molecular weight is 220 g/mol. The SMILES string of the molecule is CC1CC1CN(C)c1cccc(C(=O)O)n1. The lowest BCUT2D eigenvalue weighted by atomic mass is 10.3. The van der Waals surface area contributed by atoms with Gasteiger partial charge in [0.05, 0.1) is 0 Å². The zero-order valence-corrected chi connectivity index (χ0v) is 9.55. The molecule has 0 amide bonds. The van der Waals surface area contributed by atoms with Crippen LogP contribution in [0.5, 0.6) is 0 Å². The van der Waals surface area contributed by atoms with Crippen molar-refractivity contribution in [3.8, 4) is 0 Å². The van der Waals surface area contributed by atoms with Crippen molar-refractivity contribution in [3.05, 3.63) is 23.9 Å². The summed E-state index contributed by atoms with van der Waals surface area (Å²) in [7, 11) is 1.96. The number of aromatic nitrogens is 1. The Morgan fingerprint density at radius 1 is 1.62 bits per heavy atom. The summed E-state index contributed by atoms with van der Waals surface area (Å²) in [5.41, 5.74) is 0.105. The molecule has 0 aliphatic heterocycles. The van der Waals surface area contributed by atoms with Crippen molar-refractivity contribution < 1.29 is 9.90 Å². The summed E-state index contributed by atoms with van der Waals surface area (Å²) in [6, 6.07) is 5.09. The van der Waals surface area contributed by atoms with E-state index < -0.39 is 5.97 Å². The highest BCUT2D eigenvalue weighted by atomic mass is 16.4. The Labute approximate surface area is 94.9 Å². The summed E-state index contributed by atoms with van der Waals surface area (Å²) < 4.78 is 0. The number of hydrogen-bond acceptors (Lipinski definition) is 3. The van der Waals surface area contributed by atoms with Crippen molar-refractivity contribution in [2.45, 2.75) is 13.3 Å². The van der Waals surface area contributed by atoms with Gasteiger partial charge in [-0.15, -0.1) is 0 Å². The molecule has 1 fully saturated rings. The number of hydrogen-bond donors (Lipinski definition) is 1. The van der Waals surface area contributed by atoms with Crippen molar-refractivity contribution in [2.24, 2.45) is 11.8 Å². The van der Waals surface area contributed by atoms with E-state index in [-0.39, 0.29) is 5.69 Å². The first-order valence-electron chi connectivity index (χ1n) is 5.49. The van der Waals surface area contributed by atoms with Crippen LogP contribution in [0.4, 0.5) is 5.82 Å². The van der Waals surface area contributed by atoms with Gasteiger partial charge in [0.1, 0.15) is 5.82 Å². The van der Waals surface area contributed by atoms with Crippen LogP contribution in [0, 0.1) is 11.8 Å². The number of rotatable bonds is 4. The molecule has 1 heterocycles. The van der Waals surface area contributed by atoms with Crippen molar-refractivity contribution >= 4 is 11.8 Å². The number of carboxylic acids is 1. The van der Waals surface area contributed by atoms with Crippen LogP contribution in [-0.4, -0.2) is 29.7 Å². The highest BCUT2D eigenvalue weighted by molar-refractivity contribution is 5.85. The molecule has 4 heteroatoms. The summed E-state index contributed by atoms with van der Waals surface area (Å²) in [6.07, 6.45) is 1.27. The van der Waals surface area contributed by atoms with Gasteiger partial charge < -0.3 is 10.0 Å². The maximum atomic E-state index is 10.8. The summed E-state index contributed by atoms with van der Waals surface area (Å²) >= 11 is 0. The molecule has 0 aromatic carbocycles. The van der Waals surface area contributed by atoms with E-state index in [1.807, 2.05) is 18.0 Å². The van der Waals surface area contributed by atoms with Gasteiger partial charge in [-0.05, 0) is 30.4 Å². The van der Waals surface area contributed by atoms with Crippen molar-refractivity contribution in [3.63, 3.8) is 0 Å². The Balaban J connectivity index is 2.07. The lowest BCUT2D eigenvalue weighted by Crippen LogP contribution is -2.22. The van der Waals surface area contributed by atoms with E-state index in [0.29, 0.717) is 0 Å². The van der Waals surface area contributed by atoms with Crippen LogP contribution in [0.3, 0.4) is 0 Å². The number of carbonyl (C=O) groups is 1. The van der Waals surface area contributed by atoms with Crippen molar-refractivity contribution in [2.75, 3.05) is 18.5 Å². The molecule has 1 saturated carbocycles. The van der Waals surface area contributed by atoms with Crippen LogP contribution in [0.15, 0.2) is 18.2 Å². The number of aromatic carboxylic acids is 1. The lowest BCUT2D eigenvalue weighted by molar-refractivity contribution is 0.0690. The third-order valence-corrected chi connectivity index (χ3v) is 3.13. The van der Waals surface area contributed by atoms with E-state index in [1.165, 1.54) is 12.5 Å². The number of pyridine rings is 1. The molecule has 0 bridgehead atoms. The van der Waals surface area contributed by atoms with Gasteiger partial charge in [-0.1, -0.05) is 13.0 Å². The molecule has 0 spiro atoms. The fourth-order valence-electron chi connectivity index (χ4n) is 1.85. The van der Waals surface area contributed by atoms with E-state index in [0.717, 1.165) is 24.2 Å². The monoisotopic (exact) mass is 220 g/mol. The van der Waals surface area contributed by atoms with Crippen LogP contribution in [0.25, 0.3) is 0 Å². The lowest BCUT2D eigenvalue weighted by Gasteiger charge is -2.18. The highest BCUT2D eigenvalue weighted by Gasteiger charge is 2.33. The van der Waals surface area contributed by atoms with Gasteiger partial charge >= 0.3 is 5.97 Å². The summed E-state index contributed by atoms with van der Waals surface area (Å²) in [5.74, 6) is 1.29. The zero-order chi connectivity index (χ0) is 11.7. The van der Waals surface area contributed by atoms with Crippen molar-refractivity contribution in [1.82, 2.24) is 4.98 Å². The zero-order valence-electron chi connectivity index (χ0n) is 9.55. The van der Waals surface area contributed by atoms with E-state index >= 15 is 0 Å². The van der Waals surface area contributed by atoms with Crippen LogP contribution >= 0.6 is 0 Å². The minimum Gasteiger partial charge on any atom is -0.477 e. The second kappa shape index (κ2) is 4.12. The van der Waals surface area contributed by atoms with Gasteiger partial charge in [0.25, 0.3) is 0 Å². The number of carboxylic acid groups (broad SMARTS) is 1. The van der Waals surface area contributed by atoms with Crippen LogP contribution in [0.1, 0.15) is 23.8 Å². The molecule has 1 aromatic rings. The molecule has 0 saturated heterocycles. The highest BCUT2D eigenvalue weighted by Crippen LogP contribution is 2.38. The fourth-order valence-corrected chi connectivity index (χ4v) is 1.85. The third-order valence-electron chi connectivity index (χ3n) is 3.13. The molecule has 86 valence electrons. The second-order valence-corrected chi connectivity index (χ2v) is 4.54. The predicted molar refractivity (Wildman–Crippen MR) is 61.7 cm³/mol.